The molecule has 3 heteroatoms. The van der Waals surface area contributed by atoms with Gasteiger partial charge in [0.05, 0.1) is 11.1 Å². The Balaban J connectivity index is 2.88. The second kappa shape index (κ2) is 4.09. The Bertz CT molecular complexity index is 624. The molecule has 1 aromatic carbocycles. The lowest BCUT2D eigenvalue weighted by atomic mass is 9.89. The maximum absolute atomic E-state index is 11.4. The van der Waals surface area contributed by atoms with Crippen LogP contribution in [0.4, 0.5) is 0 Å². The molecule has 0 aliphatic rings. The summed E-state index contributed by atoms with van der Waals surface area (Å²) >= 11 is 0. The SMILES string of the molecule is Cc1cccc2c(C(=O)O)cc(C(C)(C)C)nc12. The van der Waals surface area contributed by atoms with Gasteiger partial charge in [-0.15, -0.1) is 0 Å². The molecule has 0 aliphatic carbocycles. The molecule has 3 nitrogen and oxygen atoms in total. The zero-order chi connectivity index (χ0) is 13.5. The van der Waals surface area contributed by atoms with Crippen LogP contribution in [-0.2, 0) is 5.41 Å². The van der Waals surface area contributed by atoms with Crippen molar-refractivity contribution < 1.29 is 9.90 Å². The van der Waals surface area contributed by atoms with Crippen molar-refractivity contribution in [1.29, 1.82) is 0 Å². The summed E-state index contributed by atoms with van der Waals surface area (Å²) in [7, 11) is 0. The molecule has 0 saturated heterocycles. The van der Waals surface area contributed by atoms with Crippen LogP contribution in [-0.4, -0.2) is 16.1 Å². The topological polar surface area (TPSA) is 50.2 Å². The molecule has 18 heavy (non-hydrogen) atoms. The Morgan fingerprint density at radius 3 is 2.50 bits per heavy atom. The fourth-order valence-corrected chi connectivity index (χ4v) is 1.95. The third-order valence-corrected chi connectivity index (χ3v) is 3.04. The number of nitrogens with zero attached hydrogens (tertiary/aromatic N) is 1. The first-order valence-electron chi connectivity index (χ1n) is 5.95. The highest BCUT2D eigenvalue weighted by molar-refractivity contribution is 6.03. The first kappa shape index (κ1) is 12.6. The zero-order valence-corrected chi connectivity index (χ0v) is 11.1. The van der Waals surface area contributed by atoms with Crippen LogP contribution in [0.25, 0.3) is 10.9 Å². The molecule has 0 spiro atoms. The second-order valence-electron chi connectivity index (χ2n) is 5.58. The summed E-state index contributed by atoms with van der Waals surface area (Å²) in [4.78, 5) is 16.0. The smallest absolute Gasteiger partial charge is 0.336 e. The molecule has 0 radical (unpaired) electrons. The second-order valence-corrected chi connectivity index (χ2v) is 5.58. The monoisotopic (exact) mass is 243 g/mol. The highest BCUT2D eigenvalue weighted by Crippen LogP contribution is 2.27. The normalized spacial score (nSPS) is 11.8. The molecule has 0 amide bonds. The predicted molar refractivity (Wildman–Crippen MR) is 72.1 cm³/mol. The Labute approximate surface area is 106 Å². The summed E-state index contributed by atoms with van der Waals surface area (Å²) < 4.78 is 0. The van der Waals surface area contributed by atoms with Gasteiger partial charge in [-0.05, 0) is 18.6 Å². The van der Waals surface area contributed by atoms with Gasteiger partial charge in [-0.3, -0.25) is 4.98 Å². The largest absolute Gasteiger partial charge is 0.478 e. The van der Waals surface area contributed by atoms with Crippen LogP contribution < -0.4 is 0 Å². The number of fused-ring (bicyclic) bond motifs is 1. The molecule has 0 saturated carbocycles. The predicted octanol–water partition coefficient (Wildman–Crippen LogP) is 3.54. The van der Waals surface area contributed by atoms with Crippen molar-refractivity contribution in [1.82, 2.24) is 4.98 Å². The number of pyridine rings is 1. The molecule has 0 bridgehead atoms. The summed E-state index contributed by atoms with van der Waals surface area (Å²) in [5.41, 5.74) is 2.75. The maximum atomic E-state index is 11.4. The minimum Gasteiger partial charge on any atom is -0.478 e. The van der Waals surface area contributed by atoms with Crippen molar-refractivity contribution in [2.45, 2.75) is 33.1 Å². The first-order valence-corrected chi connectivity index (χ1v) is 5.95. The van der Waals surface area contributed by atoms with Crippen LogP contribution in [0.5, 0.6) is 0 Å². The highest BCUT2D eigenvalue weighted by Gasteiger charge is 2.20. The van der Waals surface area contributed by atoms with Crippen molar-refractivity contribution in [3.05, 3.63) is 41.1 Å². The van der Waals surface area contributed by atoms with E-state index in [9.17, 15) is 9.90 Å². The number of aromatic carboxylic acids is 1. The van der Waals surface area contributed by atoms with Crippen molar-refractivity contribution in [3.8, 4) is 0 Å². The zero-order valence-electron chi connectivity index (χ0n) is 11.1. The average Bonchev–Trinajstić information content (AvgIpc) is 2.27. The lowest BCUT2D eigenvalue weighted by Crippen LogP contribution is -2.15. The quantitative estimate of drug-likeness (QED) is 0.833. The molecule has 94 valence electrons. The van der Waals surface area contributed by atoms with E-state index in [1.54, 1.807) is 6.07 Å². The standard InChI is InChI=1S/C15H17NO2/c1-9-6-5-7-10-11(14(17)18)8-12(15(2,3)4)16-13(9)10/h5-8H,1-4H3,(H,17,18). The van der Waals surface area contributed by atoms with E-state index >= 15 is 0 Å². The Hall–Kier alpha value is -1.90. The molecular formula is C15H17NO2. The number of aromatic nitrogens is 1. The van der Waals surface area contributed by atoms with Gasteiger partial charge in [-0.25, -0.2) is 4.79 Å². The third kappa shape index (κ3) is 2.08. The van der Waals surface area contributed by atoms with Crippen LogP contribution in [0.1, 0.15) is 42.4 Å². The lowest BCUT2D eigenvalue weighted by molar-refractivity contribution is 0.0699. The van der Waals surface area contributed by atoms with E-state index in [-0.39, 0.29) is 5.41 Å². The van der Waals surface area contributed by atoms with Gasteiger partial charge in [0.1, 0.15) is 0 Å². The maximum Gasteiger partial charge on any atom is 0.336 e. The van der Waals surface area contributed by atoms with E-state index in [0.717, 1.165) is 16.8 Å². The number of aryl methyl sites for hydroxylation is 1. The molecule has 2 rings (SSSR count). The van der Waals surface area contributed by atoms with Crippen LogP contribution in [0.3, 0.4) is 0 Å². The van der Waals surface area contributed by atoms with Crippen molar-refractivity contribution in [3.63, 3.8) is 0 Å². The third-order valence-electron chi connectivity index (χ3n) is 3.04. The highest BCUT2D eigenvalue weighted by atomic mass is 16.4. The van der Waals surface area contributed by atoms with E-state index in [0.29, 0.717) is 10.9 Å². The van der Waals surface area contributed by atoms with Crippen molar-refractivity contribution >= 4 is 16.9 Å². The van der Waals surface area contributed by atoms with E-state index < -0.39 is 5.97 Å². The molecule has 0 unspecified atom stereocenters. The molecule has 0 atom stereocenters. The van der Waals surface area contributed by atoms with Crippen LogP contribution in [0.2, 0.25) is 0 Å². The summed E-state index contributed by atoms with van der Waals surface area (Å²) in [5, 5.41) is 10.0. The fourth-order valence-electron chi connectivity index (χ4n) is 1.95. The van der Waals surface area contributed by atoms with Gasteiger partial charge < -0.3 is 5.11 Å². The Morgan fingerprint density at radius 2 is 1.94 bits per heavy atom. The average molecular weight is 243 g/mol. The number of para-hydroxylation sites is 1. The number of carbonyl (C=O) groups is 1. The van der Waals surface area contributed by atoms with Gasteiger partial charge in [0.2, 0.25) is 0 Å². The number of hydrogen-bond donors (Lipinski definition) is 1. The molecule has 2 aromatic rings. The summed E-state index contributed by atoms with van der Waals surface area (Å²) in [5.74, 6) is -0.904. The fraction of sp³-hybridized carbons (Fsp3) is 0.333. The summed E-state index contributed by atoms with van der Waals surface area (Å²) in [6, 6.07) is 7.31. The van der Waals surface area contributed by atoms with E-state index in [1.807, 2.05) is 45.9 Å². The molecule has 1 heterocycles. The molecular weight excluding hydrogens is 226 g/mol. The van der Waals surface area contributed by atoms with Gasteiger partial charge in [0, 0.05) is 16.5 Å². The van der Waals surface area contributed by atoms with Gasteiger partial charge in [0.15, 0.2) is 0 Å². The number of carboxylic acids is 1. The van der Waals surface area contributed by atoms with Gasteiger partial charge >= 0.3 is 5.97 Å². The van der Waals surface area contributed by atoms with Gasteiger partial charge in [-0.2, -0.15) is 0 Å². The summed E-state index contributed by atoms with van der Waals surface area (Å²) in [6.45, 7) is 8.05. The lowest BCUT2D eigenvalue weighted by Gasteiger charge is -2.19. The van der Waals surface area contributed by atoms with E-state index in [4.69, 9.17) is 0 Å². The van der Waals surface area contributed by atoms with Crippen molar-refractivity contribution in [2.75, 3.05) is 0 Å². The summed E-state index contributed by atoms with van der Waals surface area (Å²) in [6.07, 6.45) is 0. The Morgan fingerprint density at radius 1 is 1.28 bits per heavy atom. The van der Waals surface area contributed by atoms with E-state index in [1.165, 1.54) is 0 Å². The number of carboxylic acid groups (broad SMARTS) is 1. The Kier molecular flexibility index (Phi) is 2.85. The van der Waals surface area contributed by atoms with Gasteiger partial charge in [0.25, 0.3) is 0 Å². The van der Waals surface area contributed by atoms with Crippen LogP contribution in [0, 0.1) is 6.92 Å². The minimum atomic E-state index is -0.904. The van der Waals surface area contributed by atoms with Crippen LogP contribution >= 0.6 is 0 Å². The number of rotatable bonds is 1. The molecule has 1 aromatic heterocycles. The first-order chi connectivity index (χ1) is 8.30. The van der Waals surface area contributed by atoms with Crippen molar-refractivity contribution in [2.24, 2.45) is 0 Å². The van der Waals surface area contributed by atoms with Gasteiger partial charge in [-0.1, -0.05) is 39.0 Å². The number of hydrogen-bond acceptors (Lipinski definition) is 2. The molecule has 0 fully saturated rings. The van der Waals surface area contributed by atoms with Crippen LogP contribution in [0.15, 0.2) is 24.3 Å². The molecule has 1 N–H and O–H groups in total. The molecule has 0 aliphatic heterocycles. The number of benzene rings is 1. The minimum absolute atomic E-state index is 0.166. The van der Waals surface area contributed by atoms with E-state index in [2.05, 4.69) is 4.98 Å².